The summed E-state index contributed by atoms with van der Waals surface area (Å²) in [6.45, 7) is 5.45. The van der Waals surface area contributed by atoms with Crippen LogP contribution in [0.25, 0.3) is 22.5 Å². The number of nitrogens with one attached hydrogen (secondary N) is 2. The highest BCUT2D eigenvalue weighted by molar-refractivity contribution is 6.00. The molecule has 6 N–H and O–H groups in total. The molecule has 0 fully saturated rings. The third kappa shape index (κ3) is 7.25. The second kappa shape index (κ2) is 14.7. The number of benzene rings is 2. The molecule has 0 amide bonds. The van der Waals surface area contributed by atoms with E-state index in [4.69, 9.17) is 22.3 Å². The standard InChI is InChI=1S/C13H9F4N3.C12H7F4N3.C2H6.CH4/c1-5(18)6-2-3-9(20-13(6)19)10-11(16)7(14)4-8(15)12(10)17;13-6-3-7(14)11(16)9(10(6)15)8-2-1-5(4-17)12(18)19-8;1-2;/h2-4,18H,1H3,(H2,19,20);1-4,17H,(H2,18,19);1-2H3;1H4. The van der Waals surface area contributed by atoms with Gasteiger partial charge >= 0.3 is 0 Å². The Morgan fingerprint density at radius 3 is 1.33 bits per heavy atom. The first-order valence-electron chi connectivity index (χ1n) is 11.5. The lowest BCUT2D eigenvalue weighted by Crippen LogP contribution is -2.05. The summed E-state index contributed by atoms with van der Waals surface area (Å²) in [4.78, 5) is 7.32. The summed E-state index contributed by atoms with van der Waals surface area (Å²) in [5, 5.41) is 14.4. The molecular weight excluding hydrogens is 572 g/mol. The molecule has 0 radical (unpaired) electrons. The third-order valence-corrected chi connectivity index (χ3v) is 5.18. The molecule has 0 spiro atoms. The minimum atomic E-state index is -1.55. The van der Waals surface area contributed by atoms with Crippen molar-refractivity contribution in [3.05, 3.63) is 94.1 Å². The van der Waals surface area contributed by atoms with Gasteiger partial charge in [-0.05, 0) is 31.2 Å². The lowest BCUT2D eigenvalue weighted by molar-refractivity contribution is 0.458. The number of nitrogens with zero attached hydrogens (tertiary/aromatic N) is 2. The van der Waals surface area contributed by atoms with Gasteiger partial charge in [-0.1, -0.05) is 21.3 Å². The Labute approximate surface area is 236 Å². The maximum absolute atomic E-state index is 13.6. The Morgan fingerprint density at radius 2 is 1.02 bits per heavy atom. The van der Waals surface area contributed by atoms with Crippen LogP contribution >= 0.6 is 0 Å². The van der Waals surface area contributed by atoms with Gasteiger partial charge in [0.2, 0.25) is 0 Å². The van der Waals surface area contributed by atoms with Gasteiger partial charge < -0.3 is 22.3 Å². The maximum atomic E-state index is 13.6. The van der Waals surface area contributed by atoms with Crippen molar-refractivity contribution >= 4 is 23.6 Å². The molecule has 4 aromatic rings. The largest absolute Gasteiger partial charge is 0.383 e. The molecule has 42 heavy (non-hydrogen) atoms. The number of halogens is 8. The van der Waals surface area contributed by atoms with E-state index in [1.54, 1.807) is 0 Å². The highest BCUT2D eigenvalue weighted by Crippen LogP contribution is 2.30. The first-order valence-corrected chi connectivity index (χ1v) is 11.5. The molecule has 0 bridgehead atoms. The van der Waals surface area contributed by atoms with Gasteiger partial charge in [-0.15, -0.1) is 0 Å². The van der Waals surface area contributed by atoms with Crippen molar-refractivity contribution in [3.8, 4) is 22.5 Å². The second-order valence-electron chi connectivity index (χ2n) is 7.76. The summed E-state index contributed by atoms with van der Waals surface area (Å²) >= 11 is 0. The van der Waals surface area contributed by atoms with Crippen LogP contribution in [0.2, 0.25) is 0 Å². The molecule has 0 saturated carbocycles. The molecule has 4 rings (SSSR count). The molecule has 2 heterocycles. The van der Waals surface area contributed by atoms with Gasteiger partial charge in [0.1, 0.15) is 11.6 Å². The van der Waals surface area contributed by atoms with Gasteiger partial charge in [-0.25, -0.2) is 45.1 Å². The minimum absolute atomic E-state index is 0. The average Bonchev–Trinajstić information content (AvgIpc) is 2.93. The van der Waals surface area contributed by atoms with Crippen molar-refractivity contribution in [2.24, 2.45) is 0 Å². The molecule has 14 heteroatoms. The maximum Gasteiger partial charge on any atom is 0.171 e. The lowest BCUT2D eigenvalue weighted by Gasteiger charge is -2.09. The van der Waals surface area contributed by atoms with Gasteiger partial charge in [0.05, 0.1) is 22.5 Å². The summed E-state index contributed by atoms with van der Waals surface area (Å²) in [6, 6.07) is 5.08. The monoisotopic (exact) mass is 598 g/mol. The number of nitrogen functional groups attached to an aromatic ring is 2. The number of hydrogen-bond acceptors (Lipinski definition) is 6. The highest BCUT2D eigenvalue weighted by Gasteiger charge is 2.23. The summed E-state index contributed by atoms with van der Waals surface area (Å²) in [5.74, 6) is -12.6. The molecule has 0 aliphatic carbocycles. The van der Waals surface area contributed by atoms with Gasteiger partial charge in [0.15, 0.2) is 46.5 Å². The van der Waals surface area contributed by atoms with Crippen LogP contribution < -0.4 is 11.5 Å². The number of rotatable bonds is 4. The van der Waals surface area contributed by atoms with Gasteiger partial charge in [0.25, 0.3) is 0 Å². The van der Waals surface area contributed by atoms with Crippen molar-refractivity contribution < 1.29 is 35.1 Å². The van der Waals surface area contributed by atoms with E-state index in [1.807, 2.05) is 13.8 Å². The predicted octanol–water partition coefficient (Wildman–Crippen LogP) is 7.82. The zero-order valence-electron chi connectivity index (χ0n) is 21.6. The van der Waals surface area contributed by atoms with Crippen molar-refractivity contribution in [3.63, 3.8) is 0 Å². The number of nitrogens with two attached hydrogens (primary N) is 2. The Hall–Kier alpha value is -4.88. The zero-order chi connectivity index (χ0) is 31.2. The van der Waals surface area contributed by atoms with Crippen molar-refractivity contribution in [1.82, 2.24) is 9.97 Å². The lowest BCUT2D eigenvalue weighted by atomic mass is 10.1. The van der Waals surface area contributed by atoms with E-state index in [1.165, 1.54) is 19.1 Å². The summed E-state index contributed by atoms with van der Waals surface area (Å²) < 4.78 is 107. The van der Waals surface area contributed by atoms with Crippen molar-refractivity contribution in [1.29, 1.82) is 10.8 Å². The van der Waals surface area contributed by atoms with E-state index < -0.39 is 57.7 Å². The van der Waals surface area contributed by atoms with Crippen LogP contribution in [0.1, 0.15) is 39.3 Å². The SMILES string of the molecule is C.CC.CC(=N)c1ccc(-c2c(F)c(F)cc(F)c2F)nc1N.N=Cc1ccc(-c2c(F)c(F)cc(F)c2F)nc1N. The van der Waals surface area contributed by atoms with Crippen LogP contribution in [0, 0.1) is 57.4 Å². The molecule has 0 atom stereocenters. The third-order valence-electron chi connectivity index (χ3n) is 5.18. The fourth-order valence-corrected chi connectivity index (χ4v) is 3.27. The summed E-state index contributed by atoms with van der Waals surface area (Å²) in [7, 11) is 0. The fourth-order valence-electron chi connectivity index (χ4n) is 3.27. The predicted molar refractivity (Wildman–Crippen MR) is 146 cm³/mol. The molecule has 0 unspecified atom stereocenters. The van der Waals surface area contributed by atoms with E-state index in [0.717, 1.165) is 18.3 Å². The Bertz CT molecular complexity index is 1570. The molecule has 2 aromatic heterocycles. The normalized spacial score (nSPS) is 9.98. The smallest absolute Gasteiger partial charge is 0.171 e. The number of hydrogen-bond donors (Lipinski definition) is 4. The first-order chi connectivity index (χ1) is 19.3. The van der Waals surface area contributed by atoms with Crippen LogP contribution in [0.4, 0.5) is 46.8 Å². The van der Waals surface area contributed by atoms with Crippen LogP contribution in [-0.2, 0) is 0 Å². The van der Waals surface area contributed by atoms with Gasteiger partial charge in [-0.3, -0.25) is 0 Å². The van der Waals surface area contributed by atoms with E-state index in [9.17, 15) is 35.1 Å². The topological polar surface area (TPSA) is 126 Å². The molecule has 0 saturated heterocycles. The molecular formula is C28H26F8N6. The average molecular weight is 599 g/mol. The summed E-state index contributed by atoms with van der Waals surface area (Å²) in [6.07, 6.45) is 0.894. The fraction of sp³-hybridized carbons (Fsp3) is 0.143. The Balaban J connectivity index is 0.000000388. The van der Waals surface area contributed by atoms with Crippen LogP contribution in [0.15, 0.2) is 36.4 Å². The van der Waals surface area contributed by atoms with Crippen LogP contribution in [0.5, 0.6) is 0 Å². The zero-order valence-corrected chi connectivity index (χ0v) is 21.6. The van der Waals surface area contributed by atoms with E-state index in [2.05, 4.69) is 9.97 Å². The minimum Gasteiger partial charge on any atom is -0.383 e. The van der Waals surface area contributed by atoms with Crippen LogP contribution in [0.3, 0.4) is 0 Å². The number of anilines is 2. The van der Waals surface area contributed by atoms with Crippen molar-refractivity contribution in [2.45, 2.75) is 28.2 Å². The van der Waals surface area contributed by atoms with Gasteiger partial charge in [0, 0.05) is 35.2 Å². The number of pyridine rings is 2. The Kier molecular flexibility index (Phi) is 12.3. The quantitative estimate of drug-likeness (QED) is 0.109. The molecule has 2 aromatic carbocycles. The molecule has 224 valence electrons. The molecule has 0 aliphatic rings. The van der Waals surface area contributed by atoms with Crippen LogP contribution in [-0.4, -0.2) is 21.9 Å². The van der Waals surface area contributed by atoms with Crippen molar-refractivity contribution in [2.75, 3.05) is 11.5 Å². The number of aromatic nitrogens is 2. The Morgan fingerprint density at radius 1 is 0.667 bits per heavy atom. The second-order valence-corrected chi connectivity index (χ2v) is 7.76. The van der Waals surface area contributed by atoms with Gasteiger partial charge in [-0.2, -0.15) is 0 Å². The highest BCUT2D eigenvalue weighted by atomic mass is 19.2. The van der Waals surface area contributed by atoms with E-state index >= 15 is 0 Å². The van der Waals surface area contributed by atoms with E-state index in [0.29, 0.717) is 0 Å². The molecule has 6 nitrogen and oxygen atoms in total. The summed E-state index contributed by atoms with van der Waals surface area (Å²) in [5.41, 5.74) is 9.05. The first kappa shape index (κ1) is 35.1. The van der Waals surface area contributed by atoms with E-state index in [-0.39, 0.29) is 59.4 Å². The molecule has 0 aliphatic heterocycles.